The quantitative estimate of drug-likeness (QED) is 0.466. The van der Waals surface area contributed by atoms with Gasteiger partial charge in [0.15, 0.2) is 5.78 Å². The Morgan fingerprint density at radius 3 is 1.93 bits per heavy atom. The van der Waals surface area contributed by atoms with Crippen molar-refractivity contribution in [2.24, 2.45) is 5.92 Å². The van der Waals surface area contributed by atoms with E-state index in [9.17, 15) is 9.59 Å². The summed E-state index contributed by atoms with van der Waals surface area (Å²) in [7, 11) is 0. The molecule has 1 aliphatic rings. The lowest BCUT2D eigenvalue weighted by molar-refractivity contribution is -0.123. The van der Waals surface area contributed by atoms with Crippen LogP contribution in [0.25, 0.3) is 11.1 Å². The zero-order valence-corrected chi connectivity index (χ0v) is 17.2. The fourth-order valence-corrected chi connectivity index (χ4v) is 4.32. The summed E-state index contributed by atoms with van der Waals surface area (Å²) >= 11 is 0. The summed E-state index contributed by atoms with van der Waals surface area (Å²) in [6.45, 7) is 4.08. The van der Waals surface area contributed by atoms with Crippen molar-refractivity contribution in [1.82, 2.24) is 0 Å². The highest BCUT2D eigenvalue weighted by molar-refractivity contribution is 5.96. The van der Waals surface area contributed by atoms with E-state index >= 15 is 0 Å². The van der Waals surface area contributed by atoms with E-state index in [0.717, 1.165) is 49.7 Å². The molecule has 0 aliphatic heterocycles. The summed E-state index contributed by atoms with van der Waals surface area (Å²) in [6.07, 6.45) is 7.61. The fraction of sp³-hybridized carbons (Fsp3) is 0.462. The van der Waals surface area contributed by atoms with Gasteiger partial charge in [-0.25, -0.2) is 0 Å². The van der Waals surface area contributed by atoms with Crippen LogP contribution in [0, 0.1) is 5.92 Å². The zero-order valence-electron chi connectivity index (χ0n) is 17.2. The first-order valence-electron chi connectivity index (χ1n) is 10.9. The average Bonchev–Trinajstić information content (AvgIpc) is 2.77. The van der Waals surface area contributed by atoms with Crippen molar-refractivity contribution in [2.75, 3.05) is 0 Å². The molecule has 2 aromatic carbocycles. The molecule has 0 unspecified atom stereocenters. The van der Waals surface area contributed by atoms with E-state index in [4.69, 9.17) is 0 Å². The number of rotatable bonds is 8. The third-order valence-corrected chi connectivity index (χ3v) is 6.21. The molecule has 1 aliphatic carbocycles. The van der Waals surface area contributed by atoms with Crippen LogP contribution < -0.4 is 0 Å². The van der Waals surface area contributed by atoms with Gasteiger partial charge in [-0.2, -0.15) is 0 Å². The van der Waals surface area contributed by atoms with E-state index in [1.54, 1.807) is 0 Å². The predicted molar refractivity (Wildman–Crippen MR) is 116 cm³/mol. The van der Waals surface area contributed by atoms with Crippen LogP contribution in [-0.4, -0.2) is 11.6 Å². The van der Waals surface area contributed by atoms with E-state index in [1.807, 2.05) is 19.1 Å². The molecule has 2 aromatic rings. The molecule has 0 spiro atoms. The lowest BCUT2D eigenvalue weighted by Gasteiger charge is -2.28. The minimum absolute atomic E-state index is 0.237. The van der Waals surface area contributed by atoms with Crippen molar-refractivity contribution in [3.63, 3.8) is 0 Å². The van der Waals surface area contributed by atoms with Crippen LogP contribution in [0.4, 0.5) is 0 Å². The Kier molecular flexibility index (Phi) is 7.19. The number of ketones is 2. The molecule has 0 radical (unpaired) electrons. The van der Waals surface area contributed by atoms with Gasteiger partial charge in [0.05, 0.1) is 0 Å². The first-order chi connectivity index (χ1) is 13.6. The largest absolute Gasteiger partial charge is 0.299 e. The lowest BCUT2D eigenvalue weighted by Crippen LogP contribution is -2.20. The van der Waals surface area contributed by atoms with Crippen LogP contribution in [0.5, 0.6) is 0 Å². The van der Waals surface area contributed by atoms with Gasteiger partial charge in [0.25, 0.3) is 0 Å². The summed E-state index contributed by atoms with van der Waals surface area (Å²) in [4.78, 5) is 24.0. The monoisotopic (exact) mass is 376 g/mol. The number of carbonyl (C=O) groups is 2. The highest BCUT2D eigenvalue weighted by atomic mass is 16.1. The summed E-state index contributed by atoms with van der Waals surface area (Å²) in [5.41, 5.74) is 4.53. The summed E-state index contributed by atoms with van der Waals surface area (Å²) in [5.74, 6) is 1.54. The number of hydrogen-bond acceptors (Lipinski definition) is 2. The summed E-state index contributed by atoms with van der Waals surface area (Å²) < 4.78 is 0. The second kappa shape index (κ2) is 9.82. The molecule has 0 saturated heterocycles. The minimum Gasteiger partial charge on any atom is -0.299 e. The average molecular weight is 377 g/mol. The van der Waals surface area contributed by atoms with Crippen molar-refractivity contribution >= 4 is 11.6 Å². The number of carbonyl (C=O) groups excluding carboxylic acids is 2. The molecule has 0 atom stereocenters. The zero-order chi connectivity index (χ0) is 19.9. The van der Waals surface area contributed by atoms with E-state index in [0.29, 0.717) is 30.5 Å². The van der Waals surface area contributed by atoms with Crippen LogP contribution in [0.1, 0.15) is 87.1 Å². The summed E-state index contributed by atoms with van der Waals surface area (Å²) in [5, 5.41) is 0. The highest BCUT2D eigenvalue weighted by Gasteiger charge is 2.25. The van der Waals surface area contributed by atoms with Gasteiger partial charge < -0.3 is 0 Å². The van der Waals surface area contributed by atoms with Crippen molar-refractivity contribution in [2.45, 2.75) is 71.1 Å². The topological polar surface area (TPSA) is 34.1 Å². The van der Waals surface area contributed by atoms with Gasteiger partial charge in [-0.3, -0.25) is 9.59 Å². The normalized spacial score (nSPS) is 19.4. The fourth-order valence-electron chi connectivity index (χ4n) is 4.32. The highest BCUT2D eigenvalue weighted by Crippen LogP contribution is 2.37. The molecule has 0 N–H and O–H groups in total. The standard InChI is InChI=1S/C26H32O2/c1-3-5-6-26(28)24-17-13-22(14-18-24)20-9-7-19(8-10-20)21-11-15-23(16-12-21)25(27)4-2/h7-10,13-14,17-18,21,23H,3-6,11-12,15-16H2,1-2H3. The van der Waals surface area contributed by atoms with E-state index < -0.39 is 0 Å². The SMILES string of the molecule is CCCCC(=O)c1ccc(-c2ccc(C3CCC(C(=O)CC)CC3)cc2)cc1. The summed E-state index contributed by atoms with van der Waals surface area (Å²) in [6, 6.07) is 16.9. The van der Waals surface area contributed by atoms with Crippen molar-refractivity contribution < 1.29 is 9.59 Å². The van der Waals surface area contributed by atoms with Crippen LogP contribution in [0.2, 0.25) is 0 Å². The van der Waals surface area contributed by atoms with E-state index in [2.05, 4.69) is 43.3 Å². The molecule has 1 saturated carbocycles. The second-order valence-corrected chi connectivity index (χ2v) is 8.09. The predicted octanol–water partition coefficient (Wildman–Crippen LogP) is 6.98. The van der Waals surface area contributed by atoms with Crippen LogP contribution in [0.15, 0.2) is 48.5 Å². The van der Waals surface area contributed by atoms with Gasteiger partial charge in [0, 0.05) is 24.3 Å². The molecular formula is C26H32O2. The third kappa shape index (κ3) is 4.98. The second-order valence-electron chi connectivity index (χ2n) is 8.09. The van der Waals surface area contributed by atoms with Gasteiger partial charge >= 0.3 is 0 Å². The number of benzene rings is 2. The van der Waals surface area contributed by atoms with Gasteiger partial charge in [-0.1, -0.05) is 68.8 Å². The molecule has 2 nitrogen and oxygen atoms in total. The maximum absolute atomic E-state index is 12.1. The van der Waals surface area contributed by atoms with Crippen LogP contribution in [0.3, 0.4) is 0 Å². The molecule has 28 heavy (non-hydrogen) atoms. The van der Waals surface area contributed by atoms with Crippen LogP contribution in [-0.2, 0) is 4.79 Å². The molecule has 0 aromatic heterocycles. The Balaban J connectivity index is 1.61. The molecule has 0 bridgehead atoms. The van der Waals surface area contributed by atoms with Crippen molar-refractivity contribution in [3.8, 4) is 11.1 Å². The van der Waals surface area contributed by atoms with Gasteiger partial charge in [-0.15, -0.1) is 0 Å². The number of unbranched alkanes of at least 4 members (excludes halogenated alkanes) is 1. The number of hydrogen-bond donors (Lipinski definition) is 0. The van der Waals surface area contributed by atoms with Gasteiger partial charge in [-0.05, 0) is 54.7 Å². The van der Waals surface area contributed by atoms with Crippen LogP contribution >= 0.6 is 0 Å². The molecule has 0 heterocycles. The Bertz CT molecular complexity index is 778. The van der Waals surface area contributed by atoms with Gasteiger partial charge in [0.2, 0.25) is 0 Å². The Morgan fingerprint density at radius 2 is 1.39 bits per heavy atom. The smallest absolute Gasteiger partial charge is 0.162 e. The van der Waals surface area contributed by atoms with Crippen molar-refractivity contribution in [3.05, 3.63) is 59.7 Å². The molecule has 1 fully saturated rings. The lowest BCUT2D eigenvalue weighted by atomic mass is 9.76. The molecular weight excluding hydrogens is 344 g/mol. The molecule has 0 amide bonds. The van der Waals surface area contributed by atoms with Gasteiger partial charge in [0.1, 0.15) is 5.78 Å². The Labute approximate surface area is 169 Å². The maximum Gasteiger partial charge on any atom is 0.162 e. The third-order valence-electron chi connectivity index (χ3n) is 6.21. The minimum atomic E-state index is 0.237. The Hall–Kier alpha value is -2.22. The van der Waals surface area contributed by atoms with Crippen molar-refractivity contribution in [1.29, 1.82) is 0 Å². The van der Waals surface area contributed by atoms with E-state index in [-0.39, 0.29) is 5.78 Å². The molecule has 148 valence electrons. The number of Topliss-reactive ketones (excluding diaryl/α,β-unsaturated/α-hetero) is 2. The molecule has 3 rings (SSSR count). The first kappa shape index (κ1) is 20.5. The molecule has 2 heteroatoms. The Morgan fingerprint density at radius 1 is 0.821 bits per heavy atom. The van der Waals surface area contributed by atoms with E-state index in [1.165, 1.54) is 11.1 Å². The maximum atomic E-state index is 12.1. The first-order valence-corrected chi connectivity index (χ1v) is 10.9.